The molecule has 1 aromatic carbocycles. The van der Waals surface area contributed by atoms with Crippen LogP contribution in [0.2, 0.25) is 0 Å². The molecule has 4 nitrogen and oxygen atoms in total. The summed E-state index contributed by atoms with van der Waals surface area (Å²) in [6.45, 7) is 13.1. The van der Waals surface area contributed by atoms with E-state index in [9.17, 15) is 0 Å². The standard InChI is InChI=1S/C24H37NO3.C2H4/c1-6-19-20-13-18-9-10-21(27-4)23(28-5)22(18)24(19,14-16(2)26-3)11-12-25(20)15-17-7-8-17;1-2/h9-10,16-17,19-20H,6-8,11-15H2,1-5H3;1-2H2. The minimum atomic E-state index is 0.0996. The summed E-state index contributed by atoms with van der Waals surface area (Å²) >= 11 is 0. The molecule has 0 N–H and O–H groups in total. The normalized spacial score (nSPS) is 28.7. The molecule has 0 amide bonds. The Morgan fingerprint density at radius 3 is 2.47 bits per heavy atom. The molecule has 30 heavy (non-hydrogen) atoms. The fourth-order valence-corrected chi connectivity index (χ4v) is 6.28. The maximum atomic E-state index is 5.98. The highest BCUT2D eigenvalue weighted by Gasteiger charge is 2.54. The van der Waals surface area contributed by atoms with Crippen molar-refractivity contribution in [2.45, 2.75) is 69.9 Å². The Morgan fingerprint density at radius 1 is 1.17 bits per heavy atom. The van der Waals surface area contributed by atoms with E-state index in [4.69, 9.17) is 14.2 Å². The van der Waals surface area contributed by atoms with Crippen molar-refractivity contribution < 1.29 is 14.2 Å². The molecule has 2 fully saturated rings. The number of rotatable bonds is 8. The molecule has 0 radical (unpaired) electrons. The molecule has 0 spiro atoms. The second-order valence-electron chi connectivity index (χ2n) is 9.22. The van der Waals surface area contributed by atoms with Gasteiger partial charge in [-0.1, -0.05) is 19.4 Å². The van der Waals surface area contributed by atoms with Crippen molar-refractivity contribution in [2.75, 3.05) is 34.4 Å². The van der Waals surface area contributed by atoms with Crippen molar-refractivity contribution in [3.8, 4) is 11.5 Å². The second-order valence-corrected chi connectivity index (χ2v) is 9.22. The summed E-state index contributed by atoms with van der Waals surface area (Å²) in [5, 5.41) is 0. The Bertz CT molecular complexity index is 716. The van der Waals surface area contributed by atoms with Crippen molar-refractivity contribution in [3.63, 3.8) is 0 Å². The number of hydrogen-bond acceptors (Lipinski definition) is 4. The predicted molar refractivity (Wildman–Crippen MR) is 124 cm³/mol. The first kappa shape index (κ1) is 23.1. The van der Waals surface area contributed by atoms with Gasteiger partial charge in [0.15, 0.2) is 11.5 Å². The van der Waals surface area contributed by atoms with E-state index in [1.807, 2.05) is 7.11 Å². The van der Waals surface area contributed by atoms with Gasteiger partial charge in [-0.05, 0) is 69.0 Å². The highest BCUT2D eigenvalue weighted by atomic mass is 16.5. The Balaban J connectivity index is 0.00000124. The quantitative estimate of drug-likeness (QED) is 0.544. The van der Waals surface area contributed by atoms with Gasteiger partial charge in [0.25, 0.3) is 0 Å². The van der Waals surface area contributed by atoms with Crippen molar-refractivity contribution in [3.05, 3.63) is 36.4 Å². The third-order valence-electron chi connectivity index (χ3n) is 7.73. The maximum Gasteiger partial charge on any atom is 0.164 e. The molecule has 0 aromatic heterocycles. The smallest absolute Gasteiger partial charge is 0.164 e. The van der Waals surface area contributed by atoms with Crippen LogP contribution in [0.4, 0.5) is 0 Å². The lowest BCUT2D eigenvalue weighted by Crippen LogP contribution is -2.60. The Morgan fingerprint density at radius 2 is 1.90 bits per heavy atom. The zero-order chi connectivity index (χ0) is 21.9. The SMILES string of the molecule is C=C.CCC1C2Cc3ccc(OC)c(OC)c3C1(CC(C)OC)CCN2CC1CC1. The first-order valence-electron chi connectivity index (χ1n) is 11.6. The van der Waals surface area contributed by atoms with Crippen molar-refractivity contribution in [2.24, 2.45) is 11.8 Å². The van der Waals surface area contributed by atoms with Crippen LogP contribution in [0.25, 0.3) is 0 Å². The lowest BCUT2D eigenvalue weighted by Gasteiger charge is -2.58. The lowest BCUT2D eigenvalue weighted by atomic mass is 9.54. The van der Waals surface area contributed by atoms with E-state index in [2.05, 4.69) is 44.0 Å². The molecule has 4 rings (SSSR count). The van der Waals surface area contributed by atoms with Crippen LogP contribution in [0.15, 0.2) is 25.3 Å². The first-order chi connectivity index (χ1) is 14.6. The van der Waals surface area contributed by atoms with Gasteiger partial charge >= 0.3 is 0 Å². The van der Waals surface area contributed by atoms with Crippen LogP contribution >= 0.6 is 0 Å². The molecule has 4 atom stereocenters. The Hall–Kier alpha value is -1.52. The van der Waals surface area contributed by atoms with Gasteiger partial charge in [0.2, 0.25) is 0 Å². The van der Waals surface area contributed by atoms with Crippen molar-refractivity contribution >= 4 is 0 Å². The van der Waals surface area contributed by atoms with Gasteiger partial charge in [-0.25, -0.2) is 0 Å². The van der Waals surface area contributed by atoms with Crippen molar-refractivity contribution in [1.82, 2.24) is 4.90 Å². The average Bonchev–Trinajstić information content (AvgIpc) is 3.60. The van der Waals surface area contributed by atoms with Gasteiger partial charge in [-0.15, -0.1) is 13.2 Å². The number of nitrogens with zero attached hydrogens (tertiary/aromatic N) is 1. The summed E-state index contributed by atoms with van der Waals surface area (Å²) < 4.78 is 17.5. The number of fused-ring (bicyclic) bond motifs is 4. The third-order valence-corrected chi connectivity index (χ3v) is 7.73. The molecule has 1 saturated carbocycles. The first-order valence-corrected chi connectivity index (χ1v) is 11.6. The molecule has 168 valence electrons. The maximum absolute atomic E-state index is 5.98. The van der Waals surface area contributed by atoms with Crippen LogP contribution < -0.4 is 9.47 Å². The molecular weight excluding hydrogens is 374 g/mol. The molecule has 4 unspecified atom stereocenters. The predicted octanol–water partition coefficient (Wildman–Crippen LogP) is 5.24. The van der Waals surface area contributed by atoms with Gasteiger partial charge in [0.1, 0.15) is 0 Å². The molecule has 2 aliphatic carbocycles. The fourth-order valence-electron chi connectivity index (χ4n) is 6.28. The number of hydrogen-bond donors (Lipinski definition) is 0. The molecule has 2 bridgehead atoms. The zero-order valence-corrected chi connectivity index (χ0v) is 19.7. The van der Waals surface area contributed by atoms with Gasteiger partial charge in [0.05, 0.1) is 20.3 Å². The molecule has 1 heterocycles. The number of piperidine rings is 1. The van der Waals surface area contributed by atoms with E-state index in [1.165, 1.54) is 49.9 Å². The molecule has 1 aromatic rings. The fraction of sp³-hybridized carbons (Fsp3) is 0.692. The molecule has 1 saturated heterocycles. The Kier molecular flexibility index (Phi) is 7.52. The highest BCUT2D eigenvalue weighted by molar-refractivity contribution is 5.57. The minimum absolute atomic E-state index is 0.0996. The van der Waals surface area contributed by atoms with E-state index >= 15 is 0 Å². The van der Waals surface area contributed by atoms with Gasteiger partial charge in [-0.3, -0.25) is 4.90 Å². The van der Waals surface area contributed by atoms with Gasteiger partial charge in [0, 0.05) is 30.7 Å². The lowest BCUT2D eigenvalue weighted by molar-refractivity contribution is -0.0220. The van der Waals surface area contributed by atoms with Crippen LogP contribution in [0, 0.1) is 11.8 Å². The van der Waals surface area contributed by atoms with Gasteiger partial charge in [-0.2, -0.15) is 0 Å². The van der Waals surface area contributed by atoms with Crippen LogP contribution in [0.3, 0.4) is 0 Å². The summed E-state index contributed by atoms with van der Waals surface area (Å²) in [5.41, 5.74) is 2.96. The highest BCUT2D eigenvalue weighted by Crippen LogP contribution is 2.57. The zero-order valence-electron chi connectivity index (χ0n) is 19.7. The molecule has 3 aliphatic rings. The van der Waals surface area contributed by atoms with E-state index in [1.54, 1.807) is 14.2 Å². The Labute approximate surface area is 183 Å². The van der Waals surface area contributed by atoms with E-state index in [-0.39, 0.29) is 11.5 Å². The van der Waals surface area contributed by atoms with E-state index in [0.717, 1.165) is 30.3 Å². The molecule has 4 heteroatoms. The monoisotopic (exact) mass is 415 g/mol. The molecular formula is C26H41NO3. The average molecular weight is 416 g/mol. The van der Waals surface area contributed by atoms with Crippen LogP contribution in [-0.2, 0) is 16.6 Å². The van der Waals surface area contributed by atoms with E-state index in [0.29, 0.717) is 12.0 Å². The minimum Gasteiger partial charge on any atom is -0.493 e. The number of methoxy groups -OCH3 is 3. The number of benzene rings is 1. The molecule has 1 aliphatic heterocycles. The van der Waals surface area contributed by atoms with Crippen LogP contribution in [0.1, 0.15) is 57.1 Å². The topological polar surface area (TPSA) is 30.9 Å². The summed E-state index contributed by atoms with van der Waals surface area (Å²) in [5.74, 6) is 3.39. The summed E-state index contributed by atoms with van der Waals surface area (Å²) in [7, 11) is 5.38. The number of ether oxygens (including phenoxy) is 3. The largest absolute Gasteiger partial charge is 0.493 e. The van der Waals surface area contributed by atoms with Gasteiger partial charge < -0.3 is 14.2 Å². The van der Waals surface area contributed by atoms with Crippen LogP contribution in [-0.4, -0.2) is 51.5 Å². The number of likely N-dealkylation sites (tertiary alicyclic amines) is 1. The van der Waals surface area contributed by atoms with Crippen molar-refractivity contribution in [1.29, 1.82) is 0 Å². The third kappa shape index (κ3) is 4.01. The second kappa shape index (κ2) is 9.74. The van der Waals surface area contributed by atoms with E-state index < -0.39 is 0 Å². The van der Waals surface area contributed by atoms with Crippen LogP contribution in [0.5, 0.6) is 11.5 Å². The summed E-state index contributed by atoms with van der Waals surface area (Å²) in [4.78, 5) is 2.82. The summed E-state index contributed by atoms with van der Waals surface area (Å²) in [6.07, 6.45) is 7.63. The summed E-state index contributed by atoms with van der Waals surface area (Å²) in [6, 6.07) is 5.02.